The molecular formula is C16H14O. The molecule has 0 aromatic heterocycles. The molecule has 0 spiro atoms. The summed E-state index contributed by atoms with van der Waals surface area (Å²) in [6.07, 6.45) is 5.93. The van der Waals surface area contributed by atoms with E-state index in [4.69, 9.17) is 11.2 Å². The second kappa shape index (κ2) is 5.77. The second-order valence-electron chi connectivity index (χ2n) is 3.76. The Morgan fingerprint density at radius 2 is 1.65 bits per heavy atom. The zero-order valence-electron chi connectivity index (χ0n) is 9.60. The minimum absolute atomic E-state index is 0.572. The average molecular weight is 222 g/mol. The van der Waals surface area contributed by atoms with Gasteiger partial charge in [-0.1, -0.05) is 48.5 Å². The normalized spacial score (nSPS) is 9.59. The monoisotopic (exact) mass is 222 g/mol. The first kappa shape index (κ1) is 11.3. The van der Waals surface area contributed by atoms with Crippen molar-refractivity contribution in [1.82, 2.24) is 0 Å². The van der Waals surface area contributed by atoms with Gasteiger partial charge in [-0.25, -0.2) is 0 Å². The predicted molar refractivity (Wildman–Crippen MR) is 69.8 cm³/mol. The molecule has 2 aromatic carbocycles. The molecule has 0 aliphatic carbocycles. The summed E-state index contributed by atoms with van der Waals surface area (Å²) in [6.45, 7) is 0.572. The van der Waals surface area contributed by atoms with E-state index in [1.807, 2.05) is 54.6 Å². The van der Waals surface area contributed by atoms with Crippen molar-refractivity contribution in [2.45, 2.75) is 13.0 Å². The van der Waals surface area contributed by atoms with Crippen molar-refractivity contribution in [3.05, 3.63) is 65.7 Å². The summed E-state index contributed by atoms with van der Waals surface area (Å²) in [6, 6.07) is 18.0. The van der Waals surface area contributed by atoms with E-state index in [1.54, 1.807) is 0 Å². The SMILES string of the molecule is C#CCc1ccccc1OCc1ccccc1. The Balaban J connectivity index is 2.07. The highest BCUT2D eigenvalue weighted by Gasteiger charge is 2.01. The van der Waals surface area contributed by atoms with Crippen molar-refractivity contribution < 1.29 is 4.74 Å². The highest BCUT2D eigenvalue weighted by atomic mass is 16.5. The van der Waals surface area contributed by atoms with E-state index in [2.05, 4.69) is 5.92 Å². The molecule has 1 nitrogen and oxygen atoms in total. The molecule has 84 valence electrons. The highest BCUT2D eigenvalue weighted by Crippen LogP contribution is 2.19. The van der Waals surface area contributed by atoms with Crippen LogP contribution in [0.25, 0.3) is 0 Å². The lowest BCUT2D eigenvalue weighted by molar-refractivity contribution is 0.303. The summed E-state index contributed by atoms with van der Waals surface area (Å²) >= 11 is 0. The molecule has 0 bridgehead atoms. The van der Waals surface area contributed by atoms with Gasteiger partial charge in [0.05, 0.1) is 0 Å². The van der Waals surface area contributed by atoms with Crippen molar-refractivity contribution in [2.24, 2.45) is 0 Å². The van der Waals surface area contributed by atoms with Gasteiger partial charge in [-0.3, -0.25) is 0 Å². The molecule has 0 aliphatic rings. The maximum Gasteiger partial charge on any atom is 0.123 e. The van der Waals surface area contributed by atoms with Gasteiger partial charge in [0, 0.05) is 12.0 Å². The Bertz CT molecular complexity index is 509. The maximum atomic E-state index is 5.78. The Kier molecular flexibility index (Phi) is 3.83. The van der Waals surface area contributed by atoms with Crippen LogP contribution in [0.15, 0.2) is 54.6 Å². The number of para-hydroxylation sites is 1. The van der Waals surface area contributed by atoms with E-state index >= 15 is 0 Å². The van der Waals surface area contributed by atoms with E-state index in [1.165, 1.54) is 0 Å². The molecule has 2 rings (SSSR count). The number of hydrogen-bond donors (Lipinski definition) is 0. The molecule has 0 heterocycles. The topological polar surface area (TPSA) is 9.23 Å². The van der Waals surface area contributed by atoms with Gasteiger partial charge in [0.15, 0.2) is 0 Å². The third kappa shape index (κ3) is 3.12. The van der Waals surface area contributed by atoms with Crippen molar-refractivity contribution in [2.75, 3.05) is 0 Å². The van der Waals surface area contributed by atoms with Gasteiger partial charge in [0.2, 0.25) is 0 Å². The van der Waals surface area contributed by atoms with Crippen LogP contribution in [0.2, 0.25) is 0 Å². The van der Waals surface area contributed by atoms with Crippen molar-refractivity contribution in [1.29, 1.82) is 0 Å². The van der Waals surface area contributed by atoms with Gasteiger partial charge >= 0.3 is 0 Å². The van der Waals surface area contributed by atoms with Gasteiger partial charge in [-0.2, -0.15) is 0 Å². The van der Waals surface area contributed by atoms with Crippen LogP contribution in [0.5, 0.6) is 5.75 Å². The minimum atomic E-state index is 0.572. The van der Waals surface area contributed by atoms with Crippen LogP contribution in [-0.4, -0.2) is 0 Å². The first-order valence-electron chi connectivity index (χ1n) is 5.58. The summed E-state index contributed by atoms with van der Waals surface area (Å²) in [7, 11) is 0. The average Bonchev–Trinajstić information content (AvgIpc) is 2.39. The quantitative estimate of drug-likeness (QED) is 0.720. The Hall–Kier alpha value is -2.20. The lowest BCUT2D eigenvalue weighted by Gasteiger charge is -2.09. The van der Waals surface area contributed by atoms with Crippen LogP contribution in [0, 0.1) is 12.3 Å². The molecule has 0 unspecified atom stereocenters. The minimum Gasteiger partial charge on any atom is -0.489 e. The smallest absolute Gasteiger partial charge is 0.123 e. The highest BCUT2D eigenvalue weighted by molar-refractivity contribution is 5.35. The number of hydrogen-bond acceptors (Lipinski definition) is 1. The van der Waals surface area contributed by atoms with Gasteiger partial charge in [-0.05, 0) is 11.6 Å². The van der Waals surface area contributed by atoms with Crippen LogP contribution in [0.4, 0.5) is 0 Å². The third-order valence-corrected chi connectivity index (χ3v) is 2.50. The summed E-state index contributed by atoms with van der Waals surface area (Å²) in [5, 5.41) is 0. The number of benzene rings is 2. The standard InChI is InChI=1S/C16H14O/c1-2-8-15-11-6-7-12-16(15)17-13-14-9-4-3-5-10-14/h1,3-7,9-12H,8,13H2. The predicted octanol–water partition coefficient (Wildman–Crippen LogP) is 3.44. The third-order valence-electron chi connectivity index (χ3n) is 2.50. The summed E-state index contributed by atoms with van der Waals surface area (Å²) < 4.78 is 5.78. The Morgan fingerprint density at radius 1 is 0.941 bits per heavy atom. The van der Waals surface area contributed by atoms with Crippen molar-refractivity contribution in [3.8, 4) is 18.1 Å². The molecule has 0 saturated carbocycles. The summed E-state index contributed by atoms with van der Waals surface area (Å²) in [5.41, 5.74) is 2.22. The van der Waals surface area contributed by atoms with Gasteiger partial charge < -0.3 is 4.74 Å². The van der Waals surface area contributed by atoms with E-state index in [-0.39, 0.29) is 0 Å². The number of ether oxygens (including phenoxy) is 1. The van der Waals surface area contributed by atoms with Crippen LogP contribution < -0.4 is 4.74 Å². The van der Waals surface area contributed by atoms with E-state index in [0.29, 0.717) is 13.0 Å². The number of rotatable bonds is 4. The molecule has 0 N–H and O–H groups in total. The fourth-order valence-electron chi connectivity index (χ4n) is 1.64. The van der Waals surface area contributed by atoms with Gasteiger partial charge in [0.1, 0.15) is 12.4 Å². The van der Waals surface area contributed by atoms with Gasteiger partial charge in [0.25, 0.3) is 0 Å². The first-order valence-corrected chi connectivity index (χ1v) is 5.58. The maximum absolute atomic E-state index is 5.78. The summed E-state index contributed by atoms with van der Waals surface area (Å²) in [4.78, 5) is 0. The Labute approximate surface area is 102 Å². The molecule has 0 radical (unpaired) electrons. The van der Waals surface area contributed by atoms with Gasteiger partial charge in [-0.15, -0.1) is 12.3 Å². The van der Waals surface area contributed by atoms with E-state index in [0.717, 1.165) is 16.9 Å². The Morgan fingerprint density at radius 3 is 2.41 bits per heavy atom. The fraction of sp³-hybridized carbons (Fsp3) is 0.125. The molecule has 0 amide bonds. The molecule has 0 aliphatic heterocycles. The van der Waals surface area contributed by atoms with E-state index < -0.39 is 0 Å². The lowest BCUT2D eigenvalue weighted by atomic mass is 10.1. The second-order valence-corrected chi connectivity index (χ2v) is 3.76. The fourth-order valence-corrected chi connectivity index (χ4v) is 1.64. The van der Waals surface area contributed by atoms with Crippen LogP contribution in [0.3, 0.4) is 0 Å². The van der Waals surface area contributed by atoms with Crippen LogP contribution in [0.1, 0.15) is 11.1 Å². The molecule has 2 aromatic rings. The molecule has 0 saturated heterocycles. The summed E-state index contributed by atoms with van der Waals surface area (Å²) in [5.74, 6) is 3.51. The van der Waals surface area contributed by atoms with E-state index in [9.17, 15) is 0 Å². The lowest BCUT2D eigenvalue weighted by Crippen LogP contribution is -1.97. The first-order chi connectivity index (χ1) is 8.40. The number of terminal acetylenes is 1. The van der Waals surface area contributed by atoms with Crippen LogP contribution >= 0.6 is 0 Å². The zero-order valence-corrected chi connectivity index (χ0v) is 9.60. The zero-order chi connectivity index (χ0) is 11.9. The molecule has 1 heteroatoms. The van der Waals surface area contributed by atoms with Crippen molar-refractivity contribution in [3.63, 3.8) is 0 Å². The molecular weight excluding hydrogens is 208 g/mol. The molecule has 0 fully saturated rings. The van der Waals surface area contributed by atoms with Crippen molar-refractivity contribution >= 4 is 0 Å². The molecule has 0 atom stereocenters. The van der Waals surface area contributed by atoms with Crippen LogP contribution in [-0.2, 0) is 13.0 Å². The largest absolute Gasteiger partial charge is 0.489 e. The molecule has 17 heavy (non-hydrogen) atoms.